The van der Waals surface area contributed by atoms with E-state index < -0.39 is 31.0 Å². The number of hydrogen-bond acceptors (Lipinski definition) is 2. The van der Waals surface area contributed by atoms with Gasteiger partial charge in [0.05, 0.1) is 6.42 Å². The SMILES string of the molecule is C#CC(CC(F)(F)C(F)F)OC(=O)O. The lowest BCUT2D eigenvalue weighted by molar-refractivity contribution is -0.144. The Morgan fingerprint density at radius 3 is 2.36 bits per heavy atom. The van der Waals surface area contributed by atoms with E-state index >= 15 is 0 Å². The Hall–Kier alpha value is -1.45. The molecular formula is C7H6F4O3. The Kier molecular flexibility index (Phi) is 4.21. The predicted octanol–water partition coefficient (Wildman–Crippen LogP) is 1.97. The first-order valence-corrected chi connectivity index (χ1v) is 3.31. The van der Waals surface area contributed by atoms with Gasteiger partial charge in [-0.3, -0.25) is 0 Å². The summed E-state index contributed by atoms with van der Waals surface area (Å²) in [5, 5.41) is 8.00. The molecule has 0 bridgehead atoms. The van der Waals surface area contributed by atoms with Crippen molar-refractivity contribution in [3.8, 4) is 12.3 Å². The van der Waals surface area contributed by atoms with E-state index in [1.807, 2.05) is 0 Å². The van der Waals surface area contributed by atoms with Crippen molar-refractivity contribution in [1.82, 2.24) is 0 Å². The first-order chi connectivity index (χ1) is 6.29. The van der Waals surface area contributed by atoms with Gasteiger partial charge in [-0.05, 0) is 0 Å². The van der Waals surface area contributed by atoms with Crippen LogP contribution in [0, 0.1) is 12.3 Å². The van der Waals surface area contributed by atoms with E-state index in [2.05, 4.69) is 11.2 Å². The number of carbonyl (C=O) groups is 1. The van der Waals surface area contributed by atoms with Crippen LogP contribution in [0.25, 0.3) is 0 Å². The number of ether oxygens (including phenoxy) is 1. The van der Waals surface area contributed by atoms with Crippen LogP contribution in [0.3, 0.4) is 0 Å². The van der Waals surface area contributed by atoms with Crippen LogP contribution in [0.2, 0.25) is 0 Å². The predicted molar refractivity (Wildman–Crippen MR) is 37.3 cm³/mol. The first-order valence-electron chi connectivity index (χ1n) is 3.31. The molecule has 80 valence electrons. The molecule has 1 N–H and O–H groups in total. The van der Waals surface area contributed by atoms with Crippen molar-refractivity contribution >= 4 is 6.16 Å². The molecule has 1 unspecified atom stereocenters. The third-order valence-electron chi connectivity index (χ3n) is 1.21. The molecule has 1 atom stereocenters. The summed E-state index contributed by atoms with van der Waals surface area (Å²) in [6.45, 7) is 0. The van der Waals surface area contributed by atoms with Gasteiger partial charge in [0.2, 0.25) is 0 Å². The highest BCUT2D eigenvalue weighted by atomic mass is 19.3. The van der Waals surface area contributed by atoms with E-state index in [0.717, 1.165) is 0 Å². The highest BCUT2D eigenvalue weighted by molar-refractivity contribution is 5.57. The molecule has 0 aliphatic heterocycles. The fourth-order valence-electron chi connectivity index (χ4n) is 0.593. The van der Waals surface area contributed by atoms with Gasteiger partial charge in [0.25, 0.3) is 0 Å². The van der Waals surface area contributed by atoms with E-state index in [-0.39, 0.29) is 0 Å². The minimum Gasteiger partial charge on any atom is -0.450 e. The summed E-state index contributed by atoms with van der Waals surface area (Å²) < 4.78 is 51.6. The van der Waals surface area contributed by atoms with Crippen LogP contribution in [0.1, 0.15) is 6.42 Å². The van der Waals surface area contributed by atoms with Crippen molar-refractivity contribution in [3.63, 3.8) is 0 Å². The number of carboxylic acid groups (broad SMARTS) is 1. The molecule has 0 aromatic carbocycles. The molecular weight excluding hydrogens is 208 g/mol. The summed E-state index contributed by atoms with van der Waals surface area (Å²) in [6, 6.07) is 0. The van der Waals surface area contributed by atoms with Crippen molar-refractivity contribution in [2.24, 2.45) is 0 Å². The fraction of sp³-hybridized carbons (Fsp3) is 0.571. The third kappa shape index (κ3) is 3.98. The summed E-state index contributed by atoms with van der Waals surface area (Å²) in [5.74, 6) is -2.83. The van der Waals surface area contributed by atoms with Crippen molar-refractivity contribution in [1.29, 1.82) is 0 Å². The summed E-state index contributed by atoms with van der Waals surface area (Å²) in [4.78, 5) is 9.87. The maximum absolute atomic E-state index is 12.3. The molecule has 0 aliphatic carbocycles. The molecule has 0 aromatic rings. The van der Waals surface area contributed by atoms with E-state index in [0.29, 0.717) is 0 Å². The Balaban J connectivity index is 4.33. The molecule has 0 aliphatic rings. The molecule has 0 aromatic heterocycles. The minimum absolute atomic E-state index is 1.53. The van der Waals surface area contributed by atoms with E-state index in [1.54, 1.807) is 0 Å². The van der Waals surface area contributed by atoms with Crippen molar-refractivity contribution < 1.29 is 32.2 Å². The highest BCUT2D eigenvalue weighted by Crippen LogP contribution is 2.28. The second-order valence-corrected chi connectivity index (χ2v) is 2.30. The summed E-state index contributed by atoms with van der Waals surface area (Å²) >= 11 is 0. The fourth-order valence-corrected chi connectivity index (χ4v) is 0.593. The van der Waals surface area contributed by atoms with Gasteiger partial charge < -0.3 is 9.84 Å². The normalized spacial score (nSPS) is 13.4. The van der Waals surface area contributed by atoms with Crippen LogP contribution < -0.4 is 0 Å². The molecule has 0 saturated heterocycles. The smallest absolute Gasteiger partial charge is 0.450 e. The van der Waals surface area contributed by atoms with Crippen LogP contribution >= 0.6 is 0 Å². The number of terminal acetylenes is 1. The maximum atomic E-state index is 12.3. The Morgan fingerprint density at radius 1 is 1.57 bits per heavy atom. The average Bonchev–Trinajstić information content (AvgIpc) is 2.01. The van der Waals surface area contributed by atoms with E-state index in [9.17, 15) is 22.4 Å². The third-order valence-corrected chi connectivity index (χ3v) is 1.21. The van der Waals surface area contributed by atoms with Crippen molar-refractivity contribution in [3.05, 3.63) is 0 Å². The number of halogens is 4. The summed E-state index contributed by atoms with van der Waals surface area (Å²) in [7, 11) is 0. The molecule has 0 heterocycles. The lowest BCUT2D eigenvalue weighted by atomic mass is 10.1. The van der Waals surface area contributed by atoms with Crippen LogP contribution in [0.15, 0.2) is 0 Å². The van der Waals surface area contributed by atoms with Gasteiger partial charge in [0.15, 0.2) is 6.10 Å². The quantitative estimate of drug-likeness (QED) is 0.442. The molecule has 0 rings (SSSR count). The zero-order valence-corrected chi connectivity index (χ0v) is 6.71. The monoisotopic (exact) mass is 214 g/mol. The minimum atomic E-state index is -4.35. The number of alkyl halides is 4. The van der Waals surface area contributed by atoms with Crippen molar-refractivity contribution in [2.75, 3.05) is 0 Å². The first kappa shape index (κ1) is 12.6. The number of hydrogen-bond donors (Lipinski definition) is 1. The maximum Gasteiger partial charge on any atom is 0.507 e. The summed E-state index contributed by atoms with van der Waals surface area (Å²) in [5.41, 5.74) is 0. The molecule has 7 heteroatoms. The Labute approximate surface area is 76.7 Å². The van der Waals surface area contributed by atoms with Crippen LogP contribution in [-0.4, -0.2) is 29.7 Å². The standard InChI is InChI=1S/C7H6F4O3/c1-2-4(14-6(12)13)3-7(10,11)5(8)9/h1,4-5H,3H2,(H,12,13). The molecule has 0 fully saturated rings. The average molecular weight is 214 g/mol. The largest absolute Gasteiger partial charge is 0.507 e. The Morgan fingerprint density at radius 2 is 2.07 bits per heavy atom. The van der Waals surface area contributed by atoms with Gasteiger partial charge in [0, 0.05) is 0 Å². The van der Waals surface area contributed by atoms with Gasteiger partial charge >= 0.3 is 18.5 Å². The van der Waals surface area contributed by atoms with E-state index in [1.165, 1.54) is 5.92 Å². The summed E-state index contributed by atoms with van der Waals surface area (Å²) in [6.07, 6.45) is -4.60. The van der Waals surface area contributed by atoms with Crippen LogP contribution in [-0.2, 0) is 4.74 Å². The Bertz CT molecular complexity index is 246. The highest BCUT2D eigenvalue weighted by Gasteiger charge is 2.43. The van der Waals surface area contributed by atoms with Gasteiger partial charge in [-0.15, -0.1) is 6.42 Å². The molecule has 0 spiro atoms. The van der Waals surface area contributed by atoms with Gasteiger partial charge in [0.1, 0.15) is 0 Å². The number of rotatable bonds is 4. The van der Waals surface area contributed by atoms with Gasteiger partial charge in [-0.1, -0.05) is 5.92 Å². The zero-order chi connectivity index (χ0) is 11.4. The van der Waals surface area contributed by atoms with Crippen LogP contribution in [0.5, 0.6) is 0 Å². The zero-order valence-electron chi connectivity index (χ0n) is 6.71. The molecule has 3 nitrogen and oxygen atoms in total. The lowest BCUT2D eigenvalue weighted by Gasteiger charge is -2.18. The van der Waals surface area contributed by atoms with Gasteiger partial charge in [-0.25, -0.2) is 22.4 Å². The molecule has 0 amide bonds. The molecule has 0 saturated carbocycles. The van der Waals surface area contributed by atoms with Gasteiger partial charge in [-0.2, -0.15) is 0 Å². The second kappa shape index (κ2) is 4.69. The van der Waals surface area contributed by atoms with Crippen LogP contribution in [0.4, 0.5) is 22.4 Å². The second-order valence-electron chi connectivity index (χ2n) is 2.30. The van der Waals surface area contributed by atoms with E-state index in [4.69, 9.17) is 5.11 Å². The molecule has 0 radical (unpaired) electrons. The topological polar surface area (TPSA) is 46.5 Å². The van der Waals surface area contributed by atoms with Crippen molar-refractivity contribution in [2.45, 2.75) is 24.9 Å². The molecule has 14 heavy (non-hydrogen) atoms. The lowest BCUT2D eigenvalue weighted by Crippen LogP contribution is -2.32.